The van der Waals surface area contributed by atoms with Gasteiger partial charge in [0.15, 0.2) is 0 Å². The van der Waals surface area contributed by atoms with E-state index in [1.807, 2.05) is 11.4 Å². The minimum atomic E-state index is 0.307. The molecule has 2 bridgehead atoms. The van der Waals surface area contributed by atoms with Gasteiger partial charge in [0.1, 0.15) is 0 Å². The van der Waals surface area contributed by atoms with Crippen molar-refractivity contribution in [2.45, 2.75) is 40.0 Å². The highest BCUT2D eigenvalue weighted by Gasteiger charge is 2.55. The van der Waals surface area contributed by atoms with Gasteiger partial charge in [-0.05, 0) is 41.0 Å². The van der Waals surface area contributed by atoms with Crippen molar-refractivity contribution in [2.24, 2.45) is 16.7 Å². The van der Waals surface area contributed by atoms with Crippen LogP contribution in [-0.4, -0.2) is 23.9 Å². The van der Waals surface area contributed by atoms with Crippen molar-refractivity contribution >= 4 is 17.2 Å². The van der Waals surface area contributed by atoms with Gasteiger partial charge in [0.05, 0.1) is 6.42 Å². The first-order valence-electron chi connectivity index (χ1n) is 7.22. The Balaban J connectivity index is 1.73. The normalized spacial score (nSPS) is 32.6. The van der Waals surface area contributed by atoms with E-state index in [0.29, 0.717) is 29.1 Å². The van der Waals surface area contributed by atoms with Crippen LogP contribution < -0.4 is 0 Å². The smallest absolute Gasteiger partial charge is 0.227 e. The zero-order valence-corrected chi connectivity index (χ0v) is 12.9. The summed E-state index contributed by atoms with van der Waals surface area (Å²) in [6, 6.07) is 4.09. The van der Waals surface area contributed by atoms with Gasteiger partial charge in [-0.15, -0.1) is 11.3 Å². The number of hydrogen-bond donors (Lipinski definition) is 0. The summed E-state index contributed by atoms with van der Waals surface area (Å²) in [4.78, 5) is 15.8. The standard InChI is InChI=1S/C16H23NOS/c1-15(2)12-6-7-16(15,3)11-17(10-12)14(18)9-13-5-4-8-19-13/h4-5,8,12H,6-7,9-11H2,1-3H3/t12?,16-/m1/s1. The molecule has 0 aromatic carbocycles. The molecule has 19 heavy (non-hydrogen) atoms. The average molecular weight is 277 g/mol. The molecule has 104 valence electrons. The van der Waals surface area contributed by atoms with E-state index >= 15 is 0 Å². The molecule has 2 aliphatic rings. The number of likely N-dealkylation sites (tertiary alicyclic amines) is 1. The van der Waals surface area contributed by atoms with Gasteiger partial charge in [0.25, 0.3) is 0 Å². The van der Waals surface area contributed by atoms with E-state index in [9.17, 15) is 4.79 Å². The van der Waals surface area contributed by atoms with Crippen LogP contribution in [0.2, 0.25) is 0 Å². The number of carbonyl (C=O) groups excluding carboxylic acids is 1. The number of fused-ring (bicyclic) bond motifs is 2. The molecule has 1 saturated heterocycles. The molecule has 2 nitrogen and oxygen atoms in total. The molecule has 0 spiro atoms. The van der Waals surface area contributed by atoms with Crippen LogP contribution in [0.4, 0.5) is 0 Å². The second-order valence-electron chi connectivity index (χ2n) is 7.05. The number of hydrogen-bond acceptors (Lipinski definition) is 2. The van der Waals surface area contributed by atoms with E-state index in [0.717, 1.165) is 13.1 Å². The van der Waals surface area contributed by atoms with Gasteiger partial charge in [-0.1, -0.05) is 26.8 Å². The molecule has 1 aliphatic heterocycles. The van der Waals surface area contributed by atoms with Crippen LogP contribution in [0, 0.1) is 16.7 Å². The number of thiophene rings is 1. The van der Waals surface area contributed by atoms with Crippen LogP contribution in [0.25, 0.3) is 0 Å². The molecule has 1 aromatic rings. The average Bonchev–Trinajstić information content (AvgIpc) is 2.84. The van der Waals surface area contributed by atoms with Gasteiger partial charge in [0, 0.05) is 18.0 Å². The molecule has 2 heterocycles. The number of nitrogens with zero attached hydrogens (tertiary/aromatic N) is 1. The quantitative estimate of drug-likeness (QED) is 0.809. The van der Waals surface area contributed by atoms with Crippen molar-refractivity contribution in [2.75, 3.05) is 13.1 Å². The van der Waals surface area contributed by atoms with E-state index in [1.165, 1.54) is 17.7 Å². The number of amides is 1. The second kappa shape index (κ2) is 4.34. The first kappa shape index (κ1) is 13.2. The zero-order chi connectivity index (χ0) is 13.7. The van der Waals surface area contributed by atoms with Crippen LogP contribution in [-0.2, 0) is 11.2 Å². The first-order valence-corrected chi connectivity index (χ1v) is 8.10. The monoisotopic (exact) mass is 277 g/mol. The van der Waals surface area contributed by atoms with E-state index in [4.69, 9.17) is 0 Å². The maximum Gasteiger partial charge on any atom is 0.227 e. The molecule has 3 heteroatoms. The third-order valence-corrected chi connectivity index (χ3v) is 6.74. The SMILES string of the molecule is CC1(C)C2CC[C@]1(C)CN(C(=O)Cc1cccs1)C2. The van der Waals surface area contributed by atoms with Gasteiger partial charge in [-0.2, -0.15) is 0 Å². The molecule has 1 unspecified atom stereocenters. The van der Waals surface area contributed by atoms with Gasteiger partial charge < -0.3 is 4.90 Å². The van der Waals surface area contributed by atoms with Gasteiger partial charge in [0.2, 0.25) is 5.91 Å². The Morgan fingerprint density at radius 1 is 1.47 bits per heavy atom. The first-order chi connectivity index (χ1) is 8.92. The van der Waals surface area contributed by atoms with Crippen molar-refractivity contribution in [3.8, 4) is 0 Å². The Bertz CT molecular complexity index is 479. The summed E-state index contributed by atoms with van der Waals surface area (Å²) in [5.74, 6) is 0.995. The highest BCUT2D eigenvalue weighted by atomic mass is 32.1. The zero-order valence-electron chi connectivity index (χ0n) is 12.1. The summed E-state index contributed by atoms with van der Waals surface area (Å²) in [7, 11) is 0. The fourth-order valence-electron chi connectivity index (χ4n) is 3.89. The molecule has 1 aliphatic carbocycles. The predicted molar refractivity (Wildman–Crippen MR) is 79.2 cm³/mol. The van der Waals surface area contributed by atoms with Gasteiger partial charge >= 0.3 is 0 Å². The van der Waals surface area contributed by atoms with Crippen LogP contribution in [0.15, 0.2) is 17.5 Å². The van der Waals surface area contributed by atoms with Crippen molar-refractivity contribution < 1.29 is 4.79 Å². The molecule has 0 radical (unpaired) electrons. The van der Waals surface area contributed by atoms with Crippen LogP contribution in [0.5, 0.6) is 0 Å². The summed E-state index contributed by atoms with van der Waals surface area (Å²) < 4.78 is 0. The van der Waals surface area contributed by atoms with Crippen molar-refractivity contribution in [1.82, 2.24) is 4.90 Å². The largest absolute Gasteiger partial charge is 0.342 e. The maximum absolute atomic E-state index is 12.5. The third kappa shape index (κ3) is 2.03. The number of piperidine rings is 1. The Labute approximate surface area is 119 Å². The Morgan fingerprint density at radius 2 is 2.26 bits per heavy atom. The molecule has 1 saturated carbocycles. The summed E-state index contributed by atoms with van der Waals surface area (Å²) in [5.41, 5.74) is 0.688. The van der Waals surface area contributed by atoms with Gasteiger partial charge in [-0.25, -0.2) is 0 Å². The molecule has 3 rings (SSSR count). The maximum atomic E-state index is 12.5. The predicted octanol–water partition coefficient (Wildman–Crippen LogP) is 3.58. The highest BCUT2D eigenvalue weighted by molar-refractivity contribution is 7.10. The minimum Gasteiger partial charge on any atom is -0.342 e. The topological polar surface area (TPSA) is 20.3 Å². The van der Waals surface area contributed by atoms with E-state index < -0.39 is 0 Å². The van der Waals surface area contributed by atoms with E-state index in [1.54, 1.807) is 11.3 Å². The lowest BCUT2D eigenvalue weighted by Crippen LogP contribution is -2.54. The fourth-order valence-corrected chi connectivity index (χ4v) is 4.58. The van der Waals surface area contributed by atoms with Crippen LogP contribution in [0.1, 0.15) is 38.5 Å². The summed E-state index contributed by atoms with van der Waals surface area (Å²) in [5, 5.41) is 2.05. The second-order valence-corrected chi connectivity index (χ2v) is 8.08. The Hall–Kier alpha value is -0.830. The molecule has 1 amide bonds. The Morgan fingerprint density at radius 3 is 2.89 bits per heavy atom. The molecule has 2 atom stereocenters. The third-order valence-electron chi connectivity index (χ3n) is 5.86. The summed E-state index contributed by atoms with van der Waals surface area (Å²) in [6.07, 6.45) is 3.14. The van der Waals surface area contributed by atoms with E-state index in [2.05, 4.69) is 31.7 Å². The lowest BCUT2D eigenvalue weighted by molar-refractivity contribution is -0.138. The number of carbonyl (C=O) groups is 1. The van der Waals surface area contributed by atoms with Crippen molar-refractivity contribution in [1.29, 1.82) is 0 Å². The summed E-state index contributed by atoms with van der Waals surface area (Å²) >= 11 is 1.68. The Kier molecular flexibility index (Phi) is 3.01. The fraction of sp³-hybridized carbons (Fsp3) is 0.688. The number of rotatable bonds is 2. The van der Waals surface area contributed by atoms with E-state index in [-0.39, 0.29) is 0 Å². The minimum absolute atomic E-state index is 0.307. The molecular weight excluding hydrogens is 254 g/mol. The lowest BCUT2D eigenvalue weighted by atomic mass is 9.63. The van der Waals surface area contributed by atoms with Crippen LogP contribution >= 0.6 is 11.3 Å². The van der Waals surface area contributed by atoms with Crippen molar-refractivity contribution in [3.05, 3.63) is 22.4 Å². The lowest BCUT2D eigenvalue weighted by Gasteiger charge is -2.50. The van der Waals surface area contributed by atoms with Crippen molar-refractivity contribution in [3.63, 3.8) is 0 Å². The molecule has 0 N–H and O–H groups in total. The summed E-state index contributed by atoms with van der Waals surface area (Å²) in [6.45, 7) is 9.07. The molecule has 2 fully saturated rings. The van der Waals surface area contributed by atoms with Crippen LogP contribution in [0.3, 0.4) is 0 Å². The highest BCUT2D eigenvalue weighted by Crippen LogP contribution is 2.58. The van der Waals surface area contributed by atoms with Gasteiger partial charge in [-0.3, -0.25) is 4.79 Å². The molecule has 1 aromatic heterocycles. The molecular formula is C16H23NOS.